The summed E-state index contributed by atoms with van der Waals surface area (Å²) in [6.45, 7) is 2.23. The van der Waals surface area contributed by atoms with Crippen LogP contribution in [0.2, 0.25) is 0 Å². The highest BCUT2D eigenvalue weighted by Crippen LogP contribution is 2.30. The van der Waals surface area contributed by atoms with Gasteiger partial charge in [0.2, 0.25) is 0 Å². The second-order valence-electron chi connectivity index (χ2n) is 4.92. The molecule has 1 fully saturated rings. The molecular weight excluding hydrogens is 260 g/mol. The summed E-state index contributed by atoms with van der Waals surface area (Å²) < 4.78 is 10.4. The third kappa shape index (κ3) is 2.41. The smallest absolute Gasteiger partial charge is 0.160 e. The number of nitrogens with zero attached hydrogens (tertiary/aromatic N) is 3. The summed E-state index contributed by atoms with van der Waals surface area (Å²) in [5.74, 6) is 0. The van der Waals surface area contributed by atoms with E-state index in [0.29, 0.717) is 23.3 Å². The molecule has 2 aromatic rings. The summed E-state index contributed by atoms with van der Waals surface area (Å²) >= 11 is 0. The van der Waals surface area contributed by atoms with E-state index in [2.05, 4.69) is 15.2 Å². The number of nitrogen functional groups attached to an aromatic ring is 1. The molecule has 20 heavy (non-hydrogen) atoms. The van der Waals surface area contributed by atoms with Gasteiger partial charge in [-0.05, 0) is 35.3 Å². The number of aliphatic hydroxyl groups is 1. The number of hydrogen-bond acceptors (Lipinski definition) is 7. The molecule has 0 radical (unpaired) electrons. The molecule has 0 atom stereocenters. The Kier molecular flexibility index (Phi) is 3.70. The second-order valence-corrected chi connectivity index (χ2v) is 4.92. The van der Waals surface area contributed by atoms with E-state index in [-0.39, 0.29) is 12.7 Å². The highest BCUT2D eigenvalue weighted by atomic mass is 16.6. The van der Waals surface area contributed by atoms with Gasteiger partial charge in [-0.2, -0.15) is 0 Å². The first kappa shape index (κ1) is 13.1. The quantitative estimate of drug-likeness (QED) is 0.797. The van der Waals surface area contributed by atoms with Gasteiger partial charge in [0.1, 0.15) is 0 Å². The largest absolute Gasteiger partial charge is 0.397 e. The normalized spacial score (nSPS) is 16.9. The predicted octanol–water partition coefficient (Wildman–Crippen LogP) is 0.783. The van der Waals surface area contributed by atoms with Crippen LogP contribution in [0.25, 0.3) is 11.0 Å². The number of anilines is 2. The van der Waals surface area contributed by atoms with Crippen LogP contribution >= 0.6 is 0 Å². The molecule has 0 spiro atoms. The third-order valence-corrected chi connectivity index (χ3v) is 3.65. The molecule has 2 heterocycles. The number of benzene rings is 1. The van der Waals surface area contributed by atoms with Gasteiger partial charge in [0.25, 0.3) is 0 Å². The van der Waals surface area contributed by atoms with Crippen LogP contribution in [0.3, 0.4) is 0 Å². The monoisotopic (exact) mass is 278 g/mol. The van der Waals surface area contributed by atoms with Crippen LogP contribution in [-0.4, -0.2) is 47.8 Å². The summed E-state index contributed by atoms with van der Waals surface area (Å²) in [4.78, 5) is 2.24. The Morgan fingerprint density at radius 1 is 1.30 bits per heavy atom. The van der Waals surface area contributed by atoms with E-state index < -0.39 is 0 Å². The van der Waals surface area contributed by atoms with Gasteiger partial charge >= 0.3 is 0 Å². The minimum atomic E-state index is 0.0728. The summed E-state index contributed by atoms with van der Waals surface area (Å²) in [5.41, 5.74) is 8.74. The predicted molar refractivity (Wildman–Crippen MR) is 74.5 cm³/mol. The maximum atomic E-state index is 8.77. The van der Waals surface area contributed by atoms with Gasteiger partial charge in [-0.15, -0.1) is 0 Å². The van der Waals surface area contributed by atoms with Gasteiger partial charge in [-0.3, -0.25) is 0 Å². The Morgan fingerprint density at radius 3 is 2.80 bits per heavy atom. The average Bonchev–Trinajstić information content (AvgIpc) is 2.97. The SMILES string of the molecule is Nc1ccc(N2CCC(OCCO)CC2)c2nonc12. The molecule has 0 unspecified atom stereocenters. The molecule has 1 aromatic heterocycles. The molecular formula is C13H18N4O3. The molecule has 0 saturated carbocycles. The Hall–Kier alpha value is -1.86. The van der Waals surface area contributed by atoms with E-state index >= 15 is 0 Å². The molecule has 1 aromatic carbocycles. The fourth-order valence-corrected chi connectivity index (χ4v) is 2.61. The van der Waals surface area contributed by atoms with E-state index in [1.165, 1.54) is 0 Å². The van der Waals surface area contributed by atoms with E-state index in [1.807, 2.05) is 12.1 Å². The minimum absolute atomic E-state index is 0.0728. The number of rotatable bonds is 4. The lowest BCUT2D eigenvalue weighted by Crippen LogP contribution is -2.37. The molecule has 0 amide bonds. The maximum Gasteiger partial charge on any atom is 0.160 e. The lowest BCUT2D eigenvalue weighted by Gasteiger charge is -2.33. The third-order valence-electron chi connectivity index (χ3n) is 3.65. The number of nitrogens with two attached hydrogens (primary N) is 1. The van der Waals surface area contributed by atoms with Gasteiger partial charge in [0, 0.05) is 13.1 Å². The molecule has 7 nitrogen and oxygen atoms in total. The van der Waals surface area contributed by atoms with Crippen molar-refractivity contribution in [1.82, 2.24) is 10.3 Å². The number of fused-ring (bicyclic) bond motifs is 1. The Bertz CT molecular complexity index is 578. The van der Waals surface area contributed by atoms with Crippen molar-refractivity contribution in [3.63, 3.8) is 0 Å². The number of aliphatic hydroxyl groups excluding tert-OH is 1. The first-order valence-electron chi connectivity index (χ1n) is 6.77. The van der Waals surface area contributed by atoms with E-state index in [1.54, 1.807) is 0 Å². The van der Waals surface area contributed by atoms with E-state index in [4.69, 9.17) is 20.2 Å². The Balaban J connectivity index is 1.74. The van der Waals surface area contributed by atoms with E-state index in [0.717, 1.165) is 31.6 Å². The first-order valence-corrected chi connectivity index (χ1v) is 6.77. The van der Waals surface area contributed by atoms with Crippen molar-refractivity contribution < 1.29 is 14.5 Å². The van der Waals surface area contributed by atoms with E-state index in [9.17, 15) is 0 Å². The molecule has 1 saturated heterocycles. The van der Waals surface area contributed by atoms with Crippen LogP contribution in [0.1, 0.15) is 12.8 Å². The second kappa shape index (κ2) is 5.64. The number of hydrogen-bond donors (Lipinski definition) is 2. The lowest BCUT2D eigenvalue weighted by atomic mass is 10.1. The zero-order valence-corrected chi connectivity index (χ0v) is 11.2. The number of ether oxygens (including phenoxy) is 1. The molecule has 0 bridgehead atoms. The highest BCUT2D eigenvalue weighted by Gasteiger charge is 2.22. The summed E-state index contributed by atoms with van der Waals surface area (Å²) in [6.07, 6.45) is 2.08. The van der Waals surface area contributed by atoms with Gasteiger partial charge in [0.15, 0.2) is 11.0 Å². The van der Waals surface area contributed by atoms with Gasteiger partial charge in [-0.25, -0.2) is 4.63 Å². The van der Waals surface area contributed by atoms with Gasteiger partial charge in [0.05, 0.1) is 30.7 Å². The summed E-state index contributed by atoms with van der Waals surface area (Å²) in [5, 5.41) is 16.6. The van der Waals surface area contributed by atoms with Gasteiger partial charge < -0.3 is 20.5 Å². The van der Waals surface area contributed by atoms with Crippen molar-refractivity contribution in [2.24, 2.45) is 0 Å². The number of aromatic nitrogens is 2. The first-order chi connectivity index (χ1) is 9.79. The molecule has 3 N–H and O–H groups in total. The van der Waals surface area contributed by atoms with Crippen LogP contribution in [0.15, 0.2) is 16.8 Å². The van der Waals surface area contributed by atoms with Crippen LogP contribution in [-0.2, 0) is 4.74 Å². The number of piperidine rings is 1. The standard InChI is InChI=1S/C13H18N4O3/c14-10-1-2-11(13-12(10)15-20-16-13)17-5-3-9(4-6-17)19-8-7-18/h1-2,9,18H,3-8,14H2. The van der Waals surface area contributed by atoms with Crippen molar-refractivity contribution in [3.05, 3.63) is 12.1 Å². The molecule has 1 aliphatic rings. The van der Waals surface area contributed by atoms with Crippen LogP contribution < -0.4 is 10.6 Å². The van der Waals surface area contributed by atoms with Crippen molar-refractivity contribution in [3.8, 4) is 0 Å². The molecule has 108 valence electrons. The zero-order chi connectivity index (χ0) is 13.9. The minimum Gasteiger partial charge on any atom is -0.397 e. The summed E-state index contributed by atoms with van der Waals surface area (Å²) in [7, 11) is 0. The van der Waals surface area contributed by atoms with Crippen molar-refractivity contribution in [2.45, 2.75) is 18.9 Å². The molecule has 0 aliphatic carbocycles. The van der Waals surface area contributed by atoms with Crippen LogP contribution in [0.4, 0.5) is 11.4 Å². The Morgan fingerprint density at radius 2 is 2.05 bits per heavy atom. The van der Waals surface area contributed by atoms with Crippen LogP contribution in [0.5, 0.6) is 0 Å². The zero-order valence-electron chi connectivity index (χ0n) is 11.2. The molecule has 3 rings (SSSR count). The lowest BCUT2D eigenvalue weighted by molar-refractivity contribution is 0.0159. The molecule has 1 aliphatic heterocycles. The van der Waals surface area contributed by atoms with Crippen molar-refractivity contribution in [1.29, 1.82) is 0 Å². The van der Waals surface area contributed by atoms with Gasteiger partial charge in [-0.1, -0.05) is 0 Å². The topological polar surface area (TPSA) is 97.6 Å². The summed E-state index contributed by atoms with van der Waals surface area (Å²) in [6, 6.07) is 3.78. The van der Waals surface area contributed by atoms with Crippen molar-refractivity contribution >= 4 is 22.4 Å². The maximum absolute atomic E-state index is 8.77. The molecule has 7 heteroatoms. The van der Waals surface area contributed by atoms with Crippen molar-refractivity contribution in [2.75, 3.05) is 36.9 Å². The highest BCUT2D eigenvalue weighted by molar-refractivity contribution is 5.95. The Labute approximate surface area is 116 Å². The van der Waals surface area contributed by atoms with Crippen LogP contribution in [0, 0.1) is 0 Å². The average molecular weight is 278 g/mol. The fraction of sp³-hybridized carbons (Fsp3) is 0.538. The fourth-order valence-electron chi connectivity index (χ4n) is 2.61.